The Morgan fingerprint density at radius 1 is 1.12 bits per heavy atom. The molecule has 0 heterocycles. The molecule has 2 N–H and O–H groups in total. The van der Waals surface area contributed by atoms with E-state index in [-0.39, 0.29) is 5.91 Å². The summed E-state index contributed by atoms with van der Waals surface area (Å²) in [7, 11) is 7.29. The van der Waals surface area contributed by atoms with Crippen LogP contribution in [0, 0.1) is 0 Å². The molecule has 0 radical (unpaired) electrons. The Morgan fingerprint density at radius 2 is 1.81 bits per heavy atom. The Hall–Kier alpha value is -2.12. The van der Waals surface area contributed by atoms with E-state index in [9.17, 15) is 4.79 Å². The molecule has 0 aromatic heterocycles. The van der Waals surface area contributed by atoms with Gasteiger partial charge in [-0.05, 0) is 31.7 Å². The number of carbonyl (C=O) groups excluding carboxylic acids is 1. The summed E-state index contributed by atoms with van der Waals surface area (Å²) in [4.78, 5) is 20.3. The van der Waals surface area contributed by atoms with Crippen molar-refractivity contribution >= 4 is 11.9 Å². The zero-order valence-electron chi connectivity index (χ0n) is 16.7. The molecule has 0 fully saturated rings. The summed E-state index contributed by atoms with van der Waals surface area (Å²) in [6, 6.07) is 7.58. The molecule has 0 aliphatic heterocycles. The molecule has 146 valence electrons. The Labute approximate surface area is 157 Å². The summed E-state index contributed by atoms with van der Waals surface area (Å²) in [6.45, 7) is 6.77. The molecular formula is C19H33N5O2. The number of benzene rings is 1. The van der Waals surface area contributed by atoms with E-state index in [1.807, 2.05) is 31.2 Å². The summed E-state index contributed by atoms with van der Waals surface area (Å²) in [5.74, 6) is 0.800. The van der Waals surface area contributed by atoms with Gasteiger partial charge in [-0.3, -0.25) is 4.79 Å². The van der Waals surface area contributed by atoms with Gasteiger partial charge < -0.3 is 25.2 Å². The van der Waals surface area contributed by atoms with Gasteiger partial charge in [0.25, 0.3) is 5.91 Å². The fraction of sp³-hybridized carbons (Fsp3) is 0.579. The summed E-state index contributed by atoms with van der Waals surface area (Å²) in [5, 5.41) is 6.59. The molecule has 1 rings (SSSR count). The van der Waals surface area contributed by atoms with E-state index in [4.69, 9.17) is 4.74 Å². The van der Waals surface area contributed by atoms with Crippen molar-refractivity contribution in [1.82, 2.24) is 20.4 Å². The molecule has 0 saturated carbocycles. The second-order valence-electron chi connectivity index (χ2n) is 6.31. The van der Waals surface area contributed by atoms with Gasteiger partial charge in [0.1, 0.15) is 0 Å². The average Bonchev–Trinajstić information content (AvgIpc) is 2.64. The van der Waals surface area contributed by atoms with Crippen molar-refractivity contribution in [2.75, 3.05) is 61.0 Å². The zero-order valence-corrected chi connectivity index (χ0v) is 16.7. The molecule has 0 saturated heterocycles. The number of carbonyl (C=O) groups is 1. The number of nitrogens with zero attached hydrogens (tertiary/aromatic N) is 3. The standard InChI is InChI=1S/C19H33N5O2/c1-6-20-19(21-11-12-24(4)13-14-26-5)22-15-16-7-9-17(10-8-16)18(25)23(2)3/h7-10H,6,11-15H2,1-5H3,(H2,20,21,22). The van der Waals surface area contributed by atoms with Crippen LogP contribution in [0.3, 0.4) is 0 Å². The molecule has 1 amide bonds. The van der Waals surface area contributed by atoms with E-state index in [0.29, 0.717) is 12.1 Å². The molecule has 26 heavy (non-hydrogen) atoms. The van der Waals surface area contributed by atoms with Crippen molar-refractivity contribution < 1.29 is 9.53 Å². The van der Waals surface area contributed by atoms with E-state index in [2.05, 4.69) is 27.6 Å². The van der Waals surface area contributed by atoms with Crippen LogP contribution < -0.4 is 10.6 Å². The van der Waals surface area contributed by atoms with Crippen LogP contribution in [0.2, 0.25) is 0 Å². The third-order valence-electron chi connectivity index (χ3n) is 3.83. The van der Waals surface area contributed by atoms with Gasteiger partial charge >= 0.3 is 0 Å². The normalized spacial score (nSPS) is 11.5. The lowest BCUT2D eigenvalue weighted by Gasteiger charge is -2.17. The predicted octanol–water partition coefficient (Wildman–Crippen LogP) is 1.02. The smallest absolute Gasteiger partial charge is 0.253 e. The van der Waals surface area contributed by atoms with Gasteiger partial charge in [0, 0.05) is 52.9 Å². The van der Waals surface area contributed by atoms with Crippen LogP contribution in [0.1, 0.15) is 22.8 Å². The third kappa shape index (κ3) is 8.31. The third-order valence-corrected chi connectivity index (χ3v) is 3.83. The number of hydrogen-bond donors (Lipinski definition) is 2. The lowest BCUT2D eigenvalue weighted by Crippen LogP contribution is -2.41. The van der Waals surface area contributed by atoms with Crippen LogP contribution in [-0.4, -0.2) is 82.7 Å². The van der Waals surface area contributed by atoms with Gasteiger partial charge in [-0.15, -0.1) is 0 Å². The quantitative estimate of drug-likeness (QED) is 0.480. The maximum atomic E-state index is 11.9. The number of nitrogens with one attached hydrogen (secondary N) is 2. The van der Waals surface area contributed by atoms with Crippen molar-refractivity contribution in [3.8, 4) is 0 Å². The number of likely N-dealkylation sites (N-methyl/N-ethyl adjacent to an activating group) is 1. The van der Waals surface area contributed by atoms with Gasteiger partial charge in [0.15, 0.2) is 5.96 Å². The monoisotopic (exact) mass is 363 g/mol. The lowest BCUT2D eigenvalue weighted by atomic mass is 10.1. The van der Waals surface area contributed by atoms with E-state index in [0.717, 1.165) is 44.3 Å². The number of amides is 1. The second-order valence-corrected chi connectivity index (χ2v) is 6.31. The van der Waals surface area contributed by atoms with E-state index < -0.39 is 0 Å². The molecule has 0 atom stereocenters. The summed E-state index contributed by atoms with van der Waals surface area (Å²) in [6.07, 6.45) is 0. The van der Waals surface area contributed by atoms with E-state index in [1.54, 1.807) is 26.1 Å². The van der Waals surface area contributed by atoms with Crippen molar-refractivity contribution in [1.29, 1.82) is 0 Å². The van der Waals surface area contributed by atoms with Crippen LogP contribution >= 0.6 is 0 Å². The fourth-order valence-electron chi connectivity index (χ4n) is 2.25. The van der Waals surface area contributed by atoms with Gasteiger partial charge in [0.05, 0.1) is 13.2 Å². The van der Waals surface area contributed by atoms with Crippen molar-refractivity contribution in [2.24, 2.45) is 4.99 Å². The largest absolute Gasteiger partial charge is 0.383 e. The lowest BCUT2D eigenvalue weighted by molar-refractivity contribution is 0.0827. The number of rotatable bonds is 10. The van der Waals surface area contributed by atoms with Crippen LogP contribution in [0.5, 0.6) is 0 Å². The topological polar surface area (TPSA) is 69.2 Å². The highest BCUT2D eigenvalue weighted by atomic mass is 16.5. The Kier molecular flexibility index (Phi) is 10.3. The highest BCUT2D eigenvalue weighted by Crippen LogP contribution is 2.07. The van der Waals surface area contributed by atoms with Crippen LogP contribution in [0.25, 0.3) is 0 Å². The first-order valence-corrected chi connectivity index (χ1v) is 8.98. The zero-order chi connectivity index (χ0) is 19.4. The molecule has 1 aromatic carbocycles. The van der Waals surface area contributed by atoms with Crippen molar-refractivity contribution in [2.45, 2.75) is 13.5 Å². The number of hydrogen-bond acceptors (Lipinski definition) is 4. The molecule has 1 aromatic rings. The minimum absolute atomic E-state index is 0.00708. The first-order chi connectivity index (χ1) is 12.5. The maximum absolute atomic E-state index is 11.9. The second kappa shape index (κ2) is 12.3. The molecule has 7 nitrogen and oxygen atoms in total. The van der Waals surface area contributed by atoms with Gasteiger partial charge in [-0.2, -0.15) is 0 Å². The minimum atomic E-state index is 0.00708. The predicted molar refractivity (Wildman–Crippen MR) is 107 cm³/mol. The van der Waals surface area contributed by atoms with Crippen LogP contribution in [-0.2, 0) is 11.3 Å². The molecular weight excluding hydrogens is 330 g/mol. The number of guanidine groups is 1. The molecule has 0 unspecified atom stereocenters. The summed E-state index contributed by atoms with van der Waals surface area (Å²) >= 11 is 0. The number of ether oxygens (including phenoxy) is 1. The molecule has 0 spiro atoms. The first kappa shape index (κ1) is 21.9. The SMILES string of the molecule is CCNC(=NCc1ccc(C(=O)N(C)C)cc1)NCCN(C)CCOC. The van der Waals surface area contributed by atoms with Gasteiger partial charge in [0.2, 0.25) is 0 Å². The van der Waals surface area contributed by atoms with Gasteiger partial charge in [-0.25, -0.2) is 4.99 Å². The first-order valence-electron chi connectivity index (χ1n) is 8.98. The average molecular weight is 364 g/mol. The molecule has 0 aliphatic carbocycles. The summed E-state index contributed by atoms with van der Waals surface area (Å²) < 4.78 is 5.08. The van der Waals surface area contributed by atoms with Crippen molar-refractivity contribution in [3.63, 3.8) is 0 Å². The highest BCUT2D eigenvalue weighted by Gasteiger charge is 2.07. The highest BCUT2D eigenvalue weighted by molar-refractivity contribution is 5.93. The van der Waals surface area contributed by atoms with E-state index >= 15 is 0 Å². The maximum Gasteiger partial charge on any atom is 0.253 e. The molecule has 0 aliphatic rings. The van der Waals surface area contributed by atoms with Crippen molar-refractivity contribution in [3.05, 3.63) is 35.4 Å². The van der Waals surface area contributed by atoms with E-state index in [1.165, 1.54) is 0 Å². The minimum Gasteiger partial charge on any atom is -0.383 e. The summed E-state index contributed by atoms with van der Waals surface area (Å²) in [5.41, 5.74) is 1.75. The van der Waals surface area contributed by atoms with Crippen LogP contribution in [0.15, 0.2) is 29.3 Å². The number of methoxy groups -OCH3 is 1. The Morgan fingerprint density at radius 3 is 2.38 bits per heavy atom. The van der Waals surface area contributed by atoms with Crippen LogP contribution in [0.4, 0.5) is 0 Å². The fourth-order valence-corrected chi connectivity index (χ4v) is 2.25. The Bertz CT molecular complexity index is 558. The molecule has 0 bridgehead atoms. The van der Waals surface area contributed by atoms with Gasteiger partial charge in [-0.1, -0.05) is 12.1 Å². The number of aliphatic imine (C=N–C) groups is 1. The Balaban J connectivity index is 2.53. The molecule has 7 heteroatoms.